The van der Waals surface area contributed by atoms with Crippen molar-refractivity contribution in [2.24, 2.45) is 0 Å². The molecular formula is C3H7NaO. The third-order valence-electron chi connectivity index (χ3n) is 0.149. The van der Waals surface area contributed by atoms with E-state index in [2.05, 4.69) is 0 Å². The van der Waals surface area contributed by atoms with E-state index in [9.17, 15) is 0 Å². The molecule has 5 heavy (non-hydrogen) atoms. The van der Waals surface area contributed by atoms with Crippen LogP contribution in [0.15, 0.2) is 12.3 Å². The molecule has 0 aromatic heterocycles. The fourth-order valence-corrected chi connectivity index (χ4v) is 0. The molecule has 0 heterocycles. The third kappa shape index (κ3) is 12.4. The molecule has 0 saturated heterocycles. The van der Waals surface area contributed by atoms with Gasteiger partial charge < -0.3 is 5.11 Å². The van der Waals surface area contributed by atoms with E-state index in [4.69, 9.17) is 5.11 Å². The van der Waals surface area contributed by atoms with Crippen LogP contribution in [0.4, 0.5) is 0 Å². The van der Waals surface area contributed by atoms with Gasteiger partial charge >= 0.3 is 29.6 Å². The molecule has 0 aliphatic carbocycles. The van der Waals surface area contributed by atoms with Gasteiger partial charge in [0.25, 0.3) is 0 Å². The summed E-state index contributed by atoms with van der Waals surface area (Å²) in [4.78, 5) is 0. The third-order valence-corrected chi connectivity index (χ3v) is 0.149. The molecule has 0 amide bonds. The Balaban J connectivity index is 0. The summed E-state index contributed by atoms with van der Waals surface area (Å²) in [6.07, 6.45) is 2.56. The van der Waals surface area contributed by atoms with Gasteiger partial charge in [-0.05, 0) is 6.92 Å². The minimum absolute atomic E-state index is 0. The van der Waals surface area contributed by atoms with Crippen LogP contribution >= 0.6 is 0 Å². The van der Waals surface area contributed by atoms with E-state index in [0.717, 1.165) is 6.26 Å². The Morgan fingerprint density at radius 1 is 1.60 bits per heavy atom. The first-order valence-corrected chi connectivity index (χ1v) is 1.17. The van der Waals surface area contributed by atoms with Gasteiger partial charge in [-0.2, -0.15) is 0 Å². The Morgan fingerprint density at radius 3 is 1.80 bits per heavy atom. The summed E-state index contributed by atoms with van der Waals surface area (Å²) >= 11 is 0. The van der Waals surface area contributed by atoms with Crippen LogP contribution in [0.1, 0.15) is 6.92 Å². The van der Waals surface area contributed by atoms with Crippen LogP contribution in [0.2, 0.25) is 0 Å². The topological polar surface area (TPSA) is 20.2 Å². The molecule has 0 unspecified atom stereocenters. The van der Waals surface area contributed by atoms with E-state index in [1.165, 1.54) is 0 Å². The molecule has 0 spiro atoms. The summed E-state index contributed by atoms with van der Waals surface area (Å²) in [6.45, 7) is 1.75. The maximum atomic E-state index is 7.69. The molecule has 0 aromatic carbocycles. The summed E-state index contributed by atoms with van der Waals surface area (Å²) in [5.41, 5.74) is 0. The van der Waals surface area contributed by atoms with E-state index in [-0.39, 0.29) is 29.6 Å². The molecule has 2 heteroatoms. The molecule has 0 aliphatic rings. The standard InChI is InChI=1S/C3H6O.Na.H/c1-2-3-4;;/h2-4H,1H3;;. The molecule has 0 fully saturated rings. The monoisotopic (exact) mass is 82.0 g/mol. The molecule has 0 radical (unpaired) electrons. The number of rotatable bonds is 0. The van der Waals surface area contributed by atoms with Crippen molar-refractivity contribution in [3.05, 3.63) is 12.3 Å². The summed E-state index contributed by atoms with van der Waals surface area (Å²) in [7, 11) is 0. The van der Waals surface area contributed by atoms with E-state index < -0.39 is 0 Å². The Bertz CT molecular complexity index is 22.1. The Morgan fingerprint density at radius 2 is 1.80 bits per heavy atom. The molecular weight excluding hydrogens is 75.0 g/mol. The first-order chi connectivity index (χ1) is 1.91. The van der Waals surface area contributed by atoms with Crippen molar-refractivity contribution in [3.63, 3.8) is 0 Å². The average Bonchev–Trinajstić information content (AvgIpc) is 1.37. The summed E-state index contributed by atoms with van der Waals surface area (Å²) in [5.74, 6) is 0. The van der Waals surface area contributed by atoms with Gasteiger partial charge in [0, 0.05) is 0 Å². The van der Waals surface area contributed by atoms with Crippen LogP contribution in [-0.4, -0.2) is 34.7 Å². The maximum absolute atomic E-state index is 7.69. The molecule has 0 rings (SSSR count). The summed E-state index contributed by atoms with van der Waals surface area (Å²) < 4.78 is 0. The van der Waals surface area contributed by atoms with E-state index in [1.807, 2.05) is 0 Å². The Kier molecular flexibility index (Phi) is 16.1. The number of hydrogen-bond donors (Lipinski definition) is 1. The van der Waals surface area contributed by atoms with Gasteiger partial charge in [0.05, 0.1) is 6.26 Å². The van der Waals surface area contributed by atoms with Gasteiger partial charge in [0.2, 0.25) is 0 Å². The van der Waals surface area contributed by atoms with Crippen molar-refractivity contribution in [2.75, 3.05) is 0 Å². The quantitative estimate of drug-likeness (QED) is 0.332. The van der Waals surface area contributed by atoms with E-state index in [0.29, 0.717) is 0 Å². The molecule has 1 nitrogen and oxygen atoms in total. The zero-order valence-electron chi connectivity index (χ0n) is 2.60. The first kappa shape index (κ1) is 9.11. The molecule has 26 valence electrons. The van der Waals surface area contributed by atoms with Crippen LogP contribution in [0.3, 0.4) is 0 Å². The zero-order chi connectivity index (χ0) is 3.41. The fourth-order valence-electron chi connectivity index (χ4n) is 0. The molecule has 0 bridgehead atoms. The van der Waals surface area contributed by atoms with Crippen molar-refractivity contribution >= 4 is 29.6 Å². The fraction of sp³-hybridized carbons (Fsp3) is 0.333. The van der Waals surface area contributed by atoms with Gasteiger partial charge in [-0.15, -0.1) is 0 Å². The number of aliphatic hydroxyl groups is 1. The van der Waals surface area contributed by atoms with Gasteiger partial charge in [0.1, 0.15) is 0 Å². The Labute approximate surface area is 54.0 Å². The van der Waals surface area contributed by atoms with Crippen molar-refractivity contribution < 1.29 is 5.11 Å². The SMILES string of the molecule is CC=CO.[NaH]. The normalized spacial score (nSPS) is 7.40. The van der Waals surface area contributed by atoms with Crippen LogP contribution in [-0.2, 0) is 0 Å². The van der Waals surface area contributed by atoms with E-state index >= 15 is 0 Å². The number of aliphatic hydroxyl groups excluding tert-OH is 1. The number of allylic oxidation sites excluding steroid dienone is 1. The second-order valence-corrected chi connectivity index (χ2v) is 0.482. The van der Waals surface area contributed by atoms with Crippen molar-refractivity contribution in [3.8, 4) is 0 Å². The van der Waals surface area contributed by atoms with Gasteiger partial charge in [-0.3, -0.25) is 0 Å². The Hall–Kier alpha value is 0.540. The molecule has 0 aromatic rings. The van der Waals surface area contributed by atoms with Crippen LogP contribution in [0.25, 0.3) is 0 Å². The van der Waals surface area contributed by atoms with Crippen LogP contribution in [0.5, 0.6) is 0 Å². The number of hydrogen-bond acceptors (Lipinski definition) is 1. The first-order valence-electron chi connectivity index (χ1n) is 1.17. The van der Waals surface area contributed by atoms with Gasteiger partial charge in [-0.25, -0.2) is 0 Å². The van der Waals surface area contributed by atoms with Crippen LogP contribution in [0, 0.1) is 0 Å². The average molecular weight is 82.1 g/mol. The predicted molar refractivity (Wildman–Crippen MR) is 24.6 cm³/mol. The molecule has 0 aliphatic heterocycles. The zero-order valence-corrected chi connectivity index (χ0v) is 2.60. The van der Waals surface area contributed by atoms with E-state index in [1.54, 1.807) is 13.0 Å². The minimum atomic E-state index is 0. The van der Waals surface area contributed by atoms with Crippen molar-refractivity contribution in [1.82, 2.24) is 0 Å². The van der Waals surface area contributed by atoms with Crippen LogP contribution < -0.4 is 0 Å². The predicted octanol–water partition coefficient (Wildman–Crippen LogP) is 0.430. The van der Waals surface area contributed by atoms with Gasteiger partial charge in [0.15, 0.2) is 0 Å². The summed E-state index contributed by atoms with van der Waals surface area (Å²) in [6, 6.07) is 0. The summed E-state index contributed by atoms with van der Waals surface area (Å²) in [5, 5.41) is 7.69. The second-order valence-electron chi connectivity index (χ2n) is 0.482. The molecule has 1 N–H and O–H groups in total. The molecule has 0 atom stereocenters. The van der Waals surface area contributed by atoms with Gasteiger partial charge in [-0.1, -0.05) is 6.08 Å². The van der Waals surface area contributed by atoms with Crippen molar-refractivity contribution in [1.29, 1.82) is 0 Å². The van der Waals surface area contributed by atoms with Crippen molar-refractivity contribution in [2.45, 2.75) is 6.92 Å². The molecule has 0 saturated carbocycles. The second kappa shape index (κ2) is 8.82.